The van der Waals surface area contributed by atoms with Crippen molar-refractivity contribution in [2.75, 3.05) is 32.7 Å². The molecule has 1 N–H and O–H groups in total. The van der Waals surface area contributed by atoms with Crippen LogP contribution in [-0.4, -0.2) is 62.3 Å². The zero-order chi connectivity index (χ0) is 21.0. The molecule has 0 unspecified atom stereocenters. The second-order valence-electron chi connectivity index (χ2n) is 8.62. The van der Waals surface area contributed by atoms with Crippen molar-refractivity contribution in [2.45, 2.75) is 63.3 Å². The standard InChI is InChI=1S/C22H35N3O3S/c1-4-24-13-11-20(12-14-24)23-22(26)19-9-15-25(16-10-19)29(27,28)21-7-5-18(6-8-21)17(2)3/h5-8,17,19-20H,4,9-16H2,1-3H3,(H,23,26). The molecule has 0 radical (unpaired) electrons. The van der Waals surface area contributed by atoms with Gasteiger partial charge in [-0.1, -0.05) is 32.9 Å². The summed E-state index contributed by atoms with van der Waals surface area (Å²) in [6, 6.07) is 7.44. The van der Waals surface area contributed by atoms with Gasteiger partial charge in [0.25, 0.3) is 0 Å². The molecule has 2 aliphatic rings. The molecule has 1 aromatic rings. The van der Waals surface area contributed by atoms with E-state index in [4.69, 9.17) is 0 Å². The summed E-state index contributed by atoms with van der Waals surface area (Å²) in [5.74, 6) is 0.377. The lowest BCUT2D eigenvalue weighted by atomic mass is 9.96. The van der Waals surface area contributed by atoms with Crippen molar-refractivity contribution in [1.29, 1.82) is 0 Å². The first-order valence-electron chi connectivity index (χ1n) is 10.9. The molecule has 29 heavy (non-hydrogen) atoms. The van der Waals surface area contributed by atoms with Crippen LogP contribution in [0.1, 0.15) is 57.9 Å². The van der Waals surface area contributed by atoms with Gasteiger partial charge < -0.3 is 10.2 Å². The Bertz CT molecular complexity index is 776. The number of nitrogens with zero attached hydrogens (tertiary/aromatic N) is 2. The molecule has 2 fully saturated rings. The van der Waals surface area contributed by atoms with E-state index in [1.807, 2.05) is 12.1 Å². The fraction of sp³-hybridized carbons (Fsp3) is 0.682. The Morgan fingerprint density at radius 1 is 1.03 bits per heavy atom. The summed E-state index contributed by atoms with van der Waals surface area (Å²) in [5, 5.41) is 3.20. The van der Waals surface area contributed by atoms with Crippen LogP contribution in [0, 0.1) is 5.92 Å². The summed E-state index contributed by atoms with van der Waals surface area (Å²) >= 11 is 0. The van der Waals surface area contributed by atoms with Crippen LogP contribution < -0.4 is 5.32 Å². The highest BCUT2D eigenvalue weighted by Crippen LogP contribution is 2.25. The molecule has 2 heterocycles. The van der Waals surface area contributed by atoms with Crippen molar-refractivity contribution in [2.24, 2.45) is 5.92 Å². The van der Waals surface area contributed by atoms with Gasteiger partial charge in [-0.3, -0.25) is 4.79 Å². The number of carbonyl (C=O) groups excluding carboxylic acids is 1. The predicted octanol–water partition coefficient (Wildman–Crippen LogP) is 2.81. The van der Waals surface area contributed by atoms with Gasteiger partial charge in [-0.25, -0.2) is 8.42 Å². The Balaban J connectivity index is 1.52. The maximum atomic E-state index is 12.9. The highest BCUT2D eigenvalue weighted by Gasteiger charge is 2.33. The molecule has 0 spiro atoms. The zero-order valence-electron chi connectivity index (χ0n) is 17.9. The van der Waals surface area contributed by atoms with Crippen molar-refractivity contribution in [3.63, 3.8) is 0 Å². The first-order chi connectivity index (χ1) is 13.8. The van der Waals surface area contributed by atoms with E-state index in [-0.39, 0.29) is 17.9 Å². The van der Waals surface area contributed by atoms with E-state index in [9.17, 15) is 13.2 Å². The number of hydrogen-bond donors (Lipinski definition) is 1. The SMILES string of the molecule is CCN1CCC(NC(=O)C2CCN(S(=O)(=O)c3ccc(C(C)C)cc3)CC2)CC1. The molecular weight excluding hydrogens is 386 g/mol. The molecule has 7 heteroatoms. The van der Waals surface area contributed by atoms with Crippen LogP contribution in [0.4, 0.5) is 0 Å². The quantitative estimate of drug-likeness (QED) is 0.767. The lowest BCUT2D eigenvalue weighted by molar-refractivity contribution is -0.127. The van der Waals surface area contributed by atoms with Gasteiger partial charge in [-0.2, -0.15) is 4.31 Å². The monoisotopic (exact) mass is 421 g/mol. The molecule has 0 bridgehead atoms. The van der Waals surface area contributed by atoms with E-state index in [1.54, 1.807) is 12.1 Å². The lowest BCUT2D eigenvalue weighted by Crippen LogP contribution is -2.48. The Morgan fingerprint density at radius 3 is 2.14 bits per heavy atom. The fourth-order valence-corrected chi connectivity index (χ4v) is 5.71. The van der Waals surface area contributed by atoms with E-state index in [0.717, 1.165) is 38.0 Å². The van der Waals surface area contributed by atoms with Gasteiger partial charge in [-0.05, 0) is 55.8 Å². The minimum absolute atomic E-state index is 0.0889. The largest absolute Gasteiger partial charge is 0.353 e. The molecular formula is C22H35N3O3S. The number of likely N-dealkylation sites (tertiary alicyclic amines) is 1. The minimum Gasteiger partial charge on any atom is -0.353 e. The van der Waals surface area contributed by atoms with Gasteiger partial charge in [-0.15, -0.1) is 0 Å². The van der Waals surface area contributed by atoms with E-state index >= 15 is 0 Å². The highest BCUT2D eigenvalue weighted by molar-refractivity contribution is 7.89. The molecule has 2 aliphatic heterocycles. The van der Waals surface area contributed by atoms with Crippen molar-refractivity contribution < 1.29 is 13.2 Å². The molecule has 1 amide bonds. The molecule has 0 saturated carbocycles. The Morgan fingerprint density at radius 2 is 1.62 bits per heavy atom. The predicted molar refractivity (Wildman–Crippen MR) is 115 cm³/mol. The average Bonchev–Trinajstić information content (AvgIpc) is 2.74. The van der Waals surface area contributed by atoms with Crippen molar-refractivity contribution in [1.82, 2.24) is 14.5 Å². The van der Waals surface area contributed by atoms with E-state index < -0.39 is 10.0 Å². The highest BCUT2D eigenvalue weighted by atomic mass is 32.2. The summed E-state index contributed by atoms with van der Waals surface area (Å²) in [4.78, 5) is 15.4. The van der Waals surface area contributed by atoms with Gasteiger partial charge in [0.1, 0.15) is 0 Å². The van der Waals surface area contributed by atoms with Crippen LogP contribution in [0.5, 0.6) is 0 Å². The van der Waals surface area contributed by atoms with E-state index in [2.05, 4.69) is 31.0 Å². The summed E-state index contributed by atoms with van der Waals surface area (Å²) in [5.41, 5.74) is 1.13. The number of rotatable bonds is 6. The second kappa shape index (κ2) is 9.58. The van der Waals surface area contributed by atoms with Gasteiger partial charge in [0.15, 0.2) is 0 Å². The molecule has 162 valence electrons. The van der Waals surface area contributed by atoms with Crippen LogP contribution in [0.15, 0.2) is 29.2 Å². The van der Waals surface area contributed by atoms with Crippen molar-refractivity contribution in [3.05, 3.63) is 29.8 Å². The van der Waals surface area contributed by atoms with Gasteiger partial charge in [0, 0.05) is 38.1 Å². The first-order valence-corrected chi connectivity index (χ1v) is 12.4. The number of hydrogen-bond acceptors (Lipinski definition) is 4. The fourth-order valence-electron chi connectivity index (χ4n) is 4.24. The van der Waals surface area contributed by atoms with Crippen LogP contribution in [0.25, 0.3) is 0 Å². The first kappa shape index (κ1) is 22.2. The Labute approximate surface area is 175 Å². The van der Waals surface area contributed by atoms with Crippen molar-refractivity contribution in [3.8, 4) is 0 Å². The second-order valence-corrected chi connectivity index (χ2v) is 10.6. The Hall–Kier alpha value is -1.44. The Kier molecular flexibility index (Phi) is 7.35. The minimum atomic E-state index is -3.49. The maximum absolute atomic E-state index is 12.9. The molecule has 3 rings (SSSR count). The molecule has 2 saturated heterocycles. The molecule has 0 aromatic heterocycles. The third kappa shape index (κ3) is 5.38. The maximum Gasteiger partial charge on any atom is 0.243 e. The topological polar surface area (TPSA) is 69.7 Å². The molecule has 0 aliphatic carbocycles. The van der Waals surface area contributed by atoms with Gasteiger partial charge in [0.2, 0.25) is 15.9 Å². The number of carbonyl (C=O) groups is 1. The smallest absolute Gasteiger partial charge is 0.243 e. The van der Waals surface area contributed by atoms with Gasteiger partial charge >= 0.3 is 0 Å². The van der Waals surface area contributed by atoms with Crippen LogP contribution in [0.3, 0.4) is 0 Å². The van der Waals surface area contributed by atoms with E-state index in [1.165, 1.54) is 4.31 Å². The third-order valence-electron chi connectivity index (χ3n) is 6.39. The van der Waals surface area contributed by atoms with Gasteiger partial charge in [0.05, 0.1) is 4.90 Å². The van der Waals surface area contributed by atoms with E-state index in [0.29, 0.717) is 36.7 Å². The number of amides is 1. The molecule has 1 aromatic carbocycles. The zero-order valence-corrected chi connectivity index (χ0v) is 18.7. The number of piperidine rings is 2. The summed E-state index contributed by atoms with van der Waals surface area (Å²) in [7, 11) is -3.49. The van der Waals surface area contributed by atoms with Crippen LogP contribution in [0.2, 0.25) is 0 Å². The third-order valence-corrected chi connectivity index (χ3v) is 8.30. The number of nitrogens with one attached hydrogen (secondary N) is 1. The average molecular weight is 422 g/mol. The number of sulfonamides is 1. The summed E-state index contributed by atoms with van der Waals surface area (Å²) in [6.45, 7) is 10.3. The molecule has 0 atom stereocenters. The summed E-state index contributed by atoms with van der Waals surface area (Å²) < 4.78 is 27.4. The van der Waals surface area contributed by atoms with Crippen LogP contribution >= 0.6 is 0 Å². The normalized spacial score (nSPS) is 20.8. The lowest BCUT2D eigenvalue weighted by Gasteiger charge is -2.34. The summed E-state index contributed by atoms with van der Waals surface area (Å²) in [6.07, 6.45) is 3.17. The molecule has 6 nitrogen and oxygen atoms in total. The van der Waals surface area contributed by atoms with Crippen LogP contribution in [-0.2, 0) is 14.8 Å². The number of benzene rings is 1. The van der Waals surface area contributed by atoms with Crippen molar-refractivity contribution >= 4 is 15.9 Å².